The molecule has 0 atom stereocenters. The zero-order chi connectivity index (χ0) is 26.1. The van der Waals surface area contributed by atoms with Gasteiger partial charge in [0.15, 0.2) is 5.82 Å². The van der Waals surface area contributed by atoms with Gasteiger partial charge in [0.05, 0.1) is 17.0 Å². The number of aryl methyl sites for hydroxylation is 1. The van der Waals surface area contributed by atoms with Crippen LogP contribution in [-0.4, -0.2) is 33.3 Å². The highest BCUT2D eigenvalue weighted by Crippen LogP contribution is 2.57. The molecule has 0 bridgehead atoms. The molecule has 1 heterocycles. The molecule has 1 N–H and O–H groups in total. The molecule has 1 saturated carbocycles. The summed E-state index contributed by atoms with van der Waals surface area (Å²) in [6.45, 7) is 5.53. The van der Waals surface area contributed by atoms with Crippen molar-refractivity contribution in [2.24, 2.45) is 11.3 Å². The van der Waals surface area contributed by atoms with E-state index in [2.05, 4.69) is 28.8 Å². The van der Waals surface area contributed by atoms with Crippen LogP contribution in [0.4, 0.5) is 8.78 Å². The Bertz CT molecular complexity index is 1310. The summed E-state index contributed by atoms with van der Waals surface area (Å²) in [4.78, 5) is 36.0. The van der Waals surface area contributed by atoms with Gasteiger partial charge in [0, 0.05) is 24.5 Å². The molecular formula is C27H28ClF2N3O3. The number of H-pyrrole nitrogens is 1. The summed E-state index contributed by atoms with van der Waals surface area (Å²) in [6.07, 6.45) is 0.718. The number of Topliss-reactive ketones (excluding diaryl/α,β-unsaturated/α-hetero) is 1. The topological polar surface area (TPSA) is 84.9 Å². The summed E-state index contributed by atoms with van der Waals surface area (Å²) < 4.78 is 33.5. The van der Waals surface area contributed by atoms with Crippen molar-refractivity contribution in [3.8, 4) is 28.5 Å². The number of alkyl halides is 2. The average molecular weight is 516 g/mol. The van der Waals surface area contributed by atoms with Gasteiger partial charge in [-0.15, -0.1) is 0 Å². The minimum absolute atomic E-state index is 0.00126. The van der Waals surface area contributed by atoms with Crippen molar-refractivity contribution in [2.45, 2.75) is 52.4 Å². The molecule has 190 valence electrons. The molecular weight excluding hydrogens is 488 g/mol. The molecule has 0 unspecified atom stereocenters. The van der Waals surface area contributed by atoms with Crippen LogP contribution in [-0.2, 0) is 11.2 Å². The van der Waals surface area contributed by atoms with Crippen molar-refractivity contribution in [3.05, 3.63) is 63.5 Å². The molecule has 1 aliphatic carbocycles. The molecule has 1 fully saturated rings. The maximum absolute atomic E-state index is 13.9. The number of nitrogens with zero attached hydrogens (tertiary/aromatic N) is 2. The highest BCUT2D eigenvalue weighted by Gasteiger charge is 2.63. The number of halogens is 3. The zero-order valence-electron chi connectivity index (χ0n) is 20.4. The normalized spacial score (nSPS) is 14.6. The van der Waals surface area contributed by atoms with E-state index >= 15 is 0 Å². The number of ketones is 1. The molecule has 0 radical (unpaired) electrons. The molecule has 4 rings (SSSR count). The lowest BCUT2D eigenvalue weighted by Gasteiger charge is -2.21. The van der Waals surface area contributed by atoms with Gasteiger partial charge in [-0.1, -0.05) is 31.5 Å². The predicted molar refractivity (Wildman–Crippen MR) is 134 cm³/mol. The lowest BCUT2D eigenvalue weighted by Crippen LogP contribution is -2.34. The van der Waals surface area contributed by atoms with Crippen molar-refractivity contribution in [1.29, 1.82) is 0 Å². The van der Waals surface area contributed by atoms with E-state index < -0.39 is 22.8 Å². The van der Waals surface area contributed by atoms with Crippen LogP contribution in [0.5, 0.6) is 5.75 Å². The Kier molecular flexibility index (Phi) is 7.27. The predicted octanol–water partition coefficient (Wildman–Crippen LogP) is 6.12. The number of carbonyl (C=O) groups is 1. The van der Waals surface area contributed by atoms with Crippen molar-refractivity contribution >= 4 is 17.4 Å². The number of hydrogen-bond acceptors (Lipinski definition) is 5. The average Bonchev–Trinajstić information content (AvgIpc) is 3.64. The second kappa shape index (κ2) is 10.1. The number of hydrogen-bond donors (Lipinski definition) is 1. The van der Waals surface area contributed by atoms with Crippen LogP contribution in [0, 0.1) is 11.3 Å². The Balaban J connectivity index is 1.55. The lowest BCUT2D eigenvalue weighted by atomic mass is 9.90. The third-order valence-corrected chi connectivity index (χ3v) is 6.73. The molecule has 6 nitrogen and oxygen atoms in total. The molecule has 1 aliphatic rings. The first-order valence-electron chi connectivity index (χ1n) is 11.9. The number of ether oxygens (including phenoxy) is 1. The number of aromatic amines is 1. The first-order chi connectivity index (χ1) is 17.0. The molecule has 0 amide bonds. The second-order valence-corrected chi connectivity index (χ2v) is 10.2. The van der Waals surface area contributed by atoms with E-state index in [9.17, 15) is 18.4 Å². The third kappa shape index (κ3) is 5.64. The van der Waals surface area contributed by atoms with Gasteiger partial charge >= 0.3 is 5.69 Å². The fourth-order valence-electron chi connectivity index (χ4n) is 4.10. The lowest BCUT2D eigenvalue weighted by molar-refractivity contribution is -0.139. The van der Waals surface area contributed by atoms with E-state index in [0.29, 0.717) is 34.4 Å². The summed E-state index contributed by atoms with van der Waals surface area (Å²) in [7, 11) is 0. The maximum Gasteiger partial charge on any atom is 0.348 e. The fourth-order valence-corrected chi connectivity index (χ4v) is 4.31. The minimum atomic E-state index is -3.02. The number of nitrogens with one attached hydrogen (secondary N) is 1. The Hall–Kier alpha value is -3.13. The number of rotatable bonds is 10. The van der Waals surface area contributed by atoms with Gasteiger partial charge in [0.1, 0.15) is 17.4 Å². The van der Waals surface area contributed by atoms with E-state index in [1.165, 1.54) is 0 Å². The fraction of sp³-hybridized carbons (Fsp3) is 0.407. The summed E-state index contributed by atoms with van der Waals surface area (Å²) in [6, 6.07) is 12.2. The van der Waals surface area contributed by atoms with Gasteiger partial charge in [-0.2, -0.15) is 4.98 Å². The van der Waals surface area contributed by atoms with Crippen LogP contribution in [0.2, 0.25) is 5.02 Å². The molecule has 3 aromatic rings. The summed E-state index contributed by atoms with van der Waals surface area (Å²) in [5.41, 5.74) is -0.295. The summed E-state index contributed by atoms with van der Waals surface area (Å²) in [5.74, 6) is -1.90. The largest absolute Gasteiger partial charge is 0.493 e. The Labute approximate surface area is 213 Å². The molecule has 36 heavy (non-hydrogen) atoms. The van der Waals surface area contributed by atoms with Crippen molar-refractivity contribution in [2.75, 3.05) is 6.61 Å². The monoisotopic (exact) mass is 515 g/mol. The molecule has 1 aromatic heterocycles. The van der Waals surface area contributed by atoms with Crippen LogP contribution >= 0.6 is 11.6 Å². The molecule has 0 aliphatic heterocycles. The number of aromatic nitrogens is 3. The van der Waals surface area contributed by atoms with E-state index in [4.69, 9.17) is 16.3 Å². The minimum Gasteiger partial charge on any atom is -0.493 e. The van der Waals surface area contributed by atoms with Crippen molar-refractivity contribution < 1.29 is 18.3 Å². The van der Waals surface area contributed by atoms with Crippen LogP contribution < -0.4 is 10.4 Å². The summed E-state index contributed by atoms with van der Waals surface area (Å²) >= 11 is 6.40. The molecule has 0 saturated heterocycles. The SMILES string of the molecule is CC(C)COc1ccc(-c2nc(-c3cc(CCC(=O)C4(C(C)(F)F)CC4)ccc3Cl)[nH]c(=O)n2)cc1. The van der Waals surface area contributed by atoms with E-state index in [-0.39, 0.29) is 37.3 Å². The Morgan fingerprint density at radius 2 is 1.86 bits per heavy atom. The maximum atomic E-state index is 13.9. The standard InChI is InChI=1S/C27H28ClF2N3O3/c1-16(2)15-36-19-8-6-18(7-9-19)23-31-24(33-25(35)32-23)20-14-17(4-10-21(20)28)5-11-22(34)27(12-13-27)26(3,29)30/h4,6-10,14,16H,5,11-13,15H2,1-3H3,(H,31,32,33,35). The van der Waals surface area contributed by atoms with Crippen LogP contribution in [0.25, 0.3) is 22.8 Å². The molecule has 9 heteroatoms. The van der Waals surface area contributed by atoms with Gasteiger partial charge in [-0.25, -0.2) is 18.6 Å². The summed E-state index contributed by atoms with van der Waals surface area (Å²) in [5, 5.41) is 0.349. The zero-order valence-corrected chi connectivity index (χ0v) is 21.2. The highest BCUT2D eigenvalue weighted by molar-refractivity contribution is 6.33. The second-order valence-electron chi connectivity index (χ2n) is 9.76. The van der Waals surface area contributed by atoms with Crippen molar-refractivity contribution in [3.63, 3.8) is 0 Å². The quantitative estimate of drug-likeness (QED) is 0.351. The third-order valence-electron chi connectivity index (χ3n) is 6.40. The van der Waals surface area contributed by atoms with Gasteiger partial charge in [-0.05, 0) is 67.1 Å². The van der Waals surface area contributed by atoms with Gasteiger partial charge in [-0.3, -0.25) is 9.78 Å². The number of carbonyl (C=O) groups excluding carboxylic acids is 1. The smallest absolute Gasteiger partial charge is 0.348 e. The van der Waals surface area contributed by atoms with Crippen molar-refractivity contribution in [1.82, 2.24) is 15.0 Å². The number of benzene rings is 2. The first-order valence-corrected chi connectivity index (χ1v) is 12.3. The van der Waals surface area contributed by atoms with E-state index in [0.717, 1.165) is 12.5 Å². The van der Waals surface area contributed by atoms with Crippen LogP contribution in [0.1, 0.15) is 45.6 Å². The van der Waals surface area contributed by atoms with Crippen LogP contribution in [0.3, 0.4) is 0 Å². The van der Waals surface area contributed by atoms with Gasteiger partial charge in [0.2, 0.25) is 0 Å². The Morgan fingerprint density at radius 1 is 1.17 bits per heavy atom. The first kappa shape index (κ1) is 25.9. The Morgan fingerprint density at radius 3 is 2.47 bits per heavy atom. The van der Waals surface area contributed by atoms with E-state index in [1.54, 1.807) is 42.5 Å². The van der Waals surface area contributed by atoms with Gasteiger partial charge < -0.3 is 4.74 Å². The molecule has 0 spiro atoms. The highest BCUT2D eigenvalue weighted by atomic mass is 35.5. The molecule has 2 aromatic carbocycles. The van der Waals surface area contributed by atoms with E-state index in [1.807, 2.05) is 0 Å². The van der Waals surface area contributed by atoms with Gasteiger partial charge in [0.25, 0.3) is 5.92 Å². The van der Waals surface area contributed by atoms with Crippen LogP contribution in [0.15, 0.2) is 47.3 Å².